The molecule has 1 amide bonds. The molecule has 1 aliphatic rings. The minimum Gasteiger partial charge on any atom is -0.349 e. The minimum absolute atomic E-state index is 0.157. The molecule has 1 aliphatic carbocycles. The zero-order valence-electron chi connectivity index (χ0n) is 19.8. The number of rotatable bonds is 5. The van der Waals surface area contributed by atoms with Crippen molar-refractivity contribution in [3.05, 3.63) is 79.5 Å². The fourth-order valence-electron chi connectivity index (χ4n) is 4.91. The molecular weight excluding hydrogens is 466 g/mol. The van der Waals surface area contributed by atoms with Crippen LogP contribution in [-0.4, -0.2) is 30.7 Å². The number of aromatic nitrogens is 4. The Bertz CT molecular complexity index is 1540. The first-order chi connectivity index (χ1) is 16.8. The summed E-state index contributed by atoms with van der Waals surface area (Å²) in [6, 6.07) is 12.1. The van der Waals surface area contributed by atoms with Crippen molar-refractivity contribution in [2.24, 2.45) is 0 Å². The summed E-state index contributed by atoms with van der Waals surface area (Å²) in [6.07, 6.45) is 5.36. The third-order valence-electron chi connectivity index (χ3n) is 6.67. The van der Waals surface area contributed by atoms with Gasteiger partial charge >= 0.3 is 5.69 Å². The van der Waals surface area contributed by atoms with Gasteiger partial charge in [0, 0.05) is 22.7 Å². The number of fused-ring (bicyclic) bond motifs is 3. The lowest BCUT2D eigenvalue weighted by Crippen LogP contribution is -2.36. The van der Waals surface area contributed by atoms with E-state index >= 15 is 0 Å². The molecule has 182 valence electrons. The number of hydrogen-bond donors (Lipinski definition) is 1. The van der Waals surface area contributed by atoms with Crippen LogP contribution in [0.15, 0.2) is 52.1 Å². The van der Waals surface area contributed by atoms with Crippen LogP contribution in [0.1, 0.15) is 67.9 Å². The third kappa shape index (κ3) is 4.38. The number of nitrogens with one attached hydrogen (secondary N) is 1. The van der Waals surface area contributed by atoms with E-state index in [0.717, 1.165) is 31.2 Å². The maximum Gasteiger partial charge on any atom is 0.352 e. The molecule has 35 heavy (non-hydrogen) atoms. The monoisotopic (exact) mass is 493 g/mol. The van der Waals surface area contributed by atoms with Crippen molar-refractivity contribution in [2.75, 3.05) is 0 Å². The summed E-state index contributed by atoms with van der Waals surface area (Å²) >= 11 is 6.12. The molecule has 0 bridgehead atoms. The van der Waals surface area contributed by atoms with Gasteiger partial charge in [-0.05, 0) is 62.6 Å². The molecule has 2 heterocycles. The van der Waals surface area contributed by atoms with Crippen LogP contribution in [-0.2, 0) is 6.54 Å². The first-order valence-electron chi connectivity index (χ1n) is 12.1. The molecule has 1 fully saturated rings. The zero-order chi connectivity index (χ0) is 24.7. The predicted octanol–water partition coefficient (Wildman–Crippen LogP) is 4.16. The lowest BCUT2D eigenvalue weighted by atomic mass is 9.95. The molecule has 0 radical (unpaired) electrons. The van der Waals surface area contributed by atoms with E-state index in [1.54, 1.807) is 30.3 Å². The van der Waals surface area contributed by atoms with Gasteiger partial charge in [-0.25, -0.2) is 13.9 Å². The summed E-state index contributed by atoms with van der Waals surface area (Å²) < 4.78 is 4.27. The Morgan fingerprint density at radius 2 is 1.89 bits per heavy atom. The van der Waals surface area contributed by atoms with Crippen LogP contribution < -0.4 is 16.6 Å². The van der Waals surface area contributed by atoms with Gasteiger partial charge in [-0.3, -0.25) is 14.2 Å². The Balaban J connectivity index is 1.66. The second kappa shape index (κ2) is 9.34. The Hall–Kier alpha value is -3.39. The van der Waals surface area contributed by atoms with Crippen LogP contribution in [0.5, 0.6) is 0 Å². The first kappa shape index (κ1) is 23.4. The van der Waals surface area contributed by atoms with Gasteiger partial charge in [-0.1, -0.05) is 43.0 Å². The molecule has 0 unspecified atom stereocenters. The summed E-state index contributed by atoms with van der Waals surface area (Å²) in [5, 5.41) is 8.56. The molecule has 0 saturated heterocycles. The number of benzene rings is 2. The normalized spacial score (nSPS) is 14.7. The average molecular weight is 494 g/mol. The van der Waals surface area contributed by atoms with Gasteiger partial charge < -0.3 is 5.32 Å². The van der Waals surface area contributed by atoms with Crippen LogP contribution in [0.3, 0.4) is 0 Å². The second-order valence-electron chi connectivity index (χ2n) is 9.51. The fraction of sp³-hybridized carbons (Fsp3) is 0.385. The molecule has 9 heteroatoms. The quantitative estimate of drug-likeness (QED) is 0.452. The highest BCUT2D eigenvalue weighted by Gasteiger charge is 2.22. The Morgan fingerprint density at radius 3 is 2.60 bits per heavy atom. The lowest BCUT2D eigenvalue weighted by Gasteiger charge is -2.22. The van der Waals surface area contributed by atoms with E-state index in [1.807, 2.05) is 26.0 Å². The number of halogens is 1. The zero-order valence-corrected chi connectivity index (χ0v) is 20.6. The van der Waals surface area contributed by atoms with E-state index in [2.05, 4.69) is 10.4 Å². The van der Waals surface area contributed by atoms with Crippen LogP contribution >= 0.6 is 11.6 Å². The van der Waals surface area contributed by atoms with Gasteiger partial charge in [0.25, 0.3) is 11.5 Å². The van der Waals surface area contributed by atoms with Crippen molar-refractivity contribution in [1.82, 2.24) is 24.1 Å². The molecule has 5 rings (SSSR count). The van der Waals surface area contributed by atoms with Crippen LogP contribution in [0.2, 0.25) is 5.02 Å². The highest BCUT2D eigenvalue weighted by molar-refractivity contribution is 6.30. The average Bonchev–Trinajstić information content (AvgIpc) is 3.14. The topological polar surface area (TPSA) is 90.4 Å². The number of carbonyl (C=O) groups excluding carboxylic acids is 1. The third-order valence-corrected chi connectivity index (χ3v) is 6.90. The number of carbonyl (C=O) groups is 1. The predicted molar refractivity (Wildman–Crippen MR) is 136 cm³/mol. The fourth-order valence-corrected chi connectivity index (χ4v) is 5.13. The molecule has 0 spiro atoms. The smallest absolute Gasteiger partial charge is 0.349 e. The molecule has 0 aliphatic heterocycles. The first-order valence-corrected chi connectivity index (χ1v) is 12.4. The molecule has 8 nitrogen and oxygen atoms in total. The van der Waals surface area contributed by atoms with Gasteiger partial charge in [0.15, 0.2) is 0 Å². The van der Waals surface area contributed by atoms with E-state index in [-0.39, 0.29) is 41.6 Å². The summed E-state index contributed by atoms with van der Waals surface area (Å²) in [6.45, 7) is 3.95. The van der Waals surface area contributed by atoms with Gasteiger partial charge in [-0.2, -0.15) is 0 Å². The van der Waals surface area contributed by atoms with Crippen molar-refractivity contribution in [3.8, 4) is 0 Å². The molecule has 1 N–H and O–H groups in total. The van der Waals surface area contributed by atoms with E-state index in [9.17, 15) is 14.4 Å². The largest absolute Gasteiger partial charge is 0.352 e. The summed E-state index contributed by atoms with van der Waals surface area (Å²) in [4.78, 5) is 39.9. The summed E-state index contributed by atoms with van der Waals surface area (Å²) in [5.41, 5.74) is 0.977. The summed E-state index contributed by atoms with van der Waals surface area (Å²) in [5.74, 6) is 0.0497. The Morgan fingerprint density at radius 1 is 1.11 bits per heavy atom. The highest BCUT2D eigenvalue weighted by Crippen LogP contribution is 2.20. The number of nitrogens with zero attached hydrogens (tertiary/aromatic N) is 4. The lowest BCUT2D eigenvalue weighted by molar-refractivity contribution is 0.0928. The van der Waals surface area contributed by atoms with E-state index < -0.39 is 0 Å². The molecule has 2 aromatic carbocycles. The van der Waals surface area contributed by atoms with E-state index in [4.69, 9.17) is 11.6 Å². The Labute approximate surface area is 207 Å². The SMILES string of the molecule is CC(C)n1c(=O)c2ccc(C(=O)NC3CCCCC3)cc2n2c(=O)n(Cc3cccc(Cl)c3)nc12. The van der Waals surface area contributed by atoms with E-state index in [0.29, 0.717) is 21.5 Å². The minimum atomic E-state index is -0.385. The van der Waals surface area contributed by atoms with Crippen LogP contribution in [0.25, 0.3) is 16.7 Å². The second-order valence-corrected chi connectivity index (χ2v) is 9.95. The maximum atomic E-state index is 13.5. The van der Waals surface area contributed by atoms with Gasteiger partial charge in [0.05, 0.1) is 17.4 Å². The van der Waals surface area contributed by atoms with Crippen molar-refractivity contribution in [2.45, 2.75) is 64.6 Å². The number of amides is 1. The van der Waals surface area contributed by atoms with Gasteiger partial charge in [0.2, 0.25) is 5.78 Å². The Kier molecular flexibility index (Phi) is 6.23. The molecule has 0 atom stereocenters. The molecule has 4 aromatic rings. The highest BCUT2D eigenvalue weighted by atomic mass is 35.5. The van der Waals surface area contributed by atoms with Gasteiger partial charge in [0.1, 0.15) is 0 Å². The standard InChI is InChI=1S/C26H28ClN5O3/c1-16(2)31-24(34)21-12-11-18(23(33)28-20-9-4-3-5-10-20)14-22(21)32-25(31)29-30(26(32)35)15-17-7-6-8-19(27)13-17/h6-8,11-14,16,20H,3-5,9-10,15H2,1-2H3,(H,28,33). The van der Waals surface area contributed by atoms with E-state index in [1.165, 1.54) is 20.1 Å². The molecular formula is C26H28ClN5O3. The summed E-state index contributed by atoms with van der Waals surface area (Å²) in [7, 11) is 0. The molecule has 1 saturated carbocycles. The van der Waals surface area contributed by atoms with Crippen LogP contribution in [0.4, 0.5) is 0 Å². The van der Waals surface area contributed by atoms with Crippen molar-refractivity contribution < 1.29 is 4.79 Å². The van der Waals surface area contributed by atoms with Crippen molar-refractivity contribution in [1.29, 1.82) is 0 Å². The number of hydrogen-bond acceptors (Lipinski definition) is 4. The van der Waals surface area contributed by atoms with Crippen molar-refractivity contribution in [3.63, 3.8) is 0 Å². The van der Waals surface area contributed by atoms with Gasteiger partial charge in [-0.15, -0.1) is 5.10 Å². The van der Waals surface area contributed by atoms with Crippen molar-refractivity contribution >= 4 is 34.2 Å². The maximum absolute atomic E-state index is 13.5. The molecule has 2 aromatic heterocycles. The van der Waals surface area contributed by atoms with Crippen LogP contribution in [0, 0.1) is 0 Å².